The van der Waals surface area contributed by atoms with Crippen LogP contribution in [0, 0.1) is 6.92 Å². The number of carbonyl (C=O) groups excluding carboxylic acids is 1. The summed E-state index contributed by atoms with van der Waals surface area (Å²) in [5.41, 5.74) is 1.38. The van der Waals surface area contributed by atoms with Crippen molar-refractivity contribution in [1.29, 1.82) is 0 Å². The first-order valence-corrected chi connectivity index (χ1v) is 7.54. The molecule has 0 spiro atoms. The van der Waals surface area contributed by atoms with Gasteiger partial charge in [0.2, 0.25) is 0 Å². The topological polar surface area (TPSA) is 74.0 Å². The summed E-state index contributed by atoms with van der Waals surface area (Å²) >= 11 is 0. The van der Waals surface area contributed by atoms with E-state index in [-0.39, 0.29) is 18.1 Å². The summed E-state index contributed by atoms with van der Waals surface area (Å²) in [4.78, 5) is 16.8. The van der Waals surface area contributed by atoms with Gasteiger partial charge in [-0.25, -0.2) is 4.98 Å². The highest BCUT2D eigenvalue weighted by Crippen LogP contribution is 2.28. The van der Waals surface area contributed by atoms with Crippen LogP contribution in [0.15, 0.2) is 18.5 Å². The van der Waals surface area contributed by atoms with Crippen molar-refractivity contribution >= 4 is 5.91 Å². The quantitative estimate of drug-likeness (QED) is 0.921. The van der Waals surface area contributed by atoms with E-state index in [9.17, 15) is 4.79 Å². The maximum Gasteiger partial charge on any atom is 0.269 e. The summed E-state index contributed by atoms with van der Waals surface area (Å²) in [5, 5.41) is 7.27. The number of ether oxygens (including phenoxy) is 1. The fraction of sp³-hybridized carbons (Fsp3) is 0.533. The first-order valence-electron chi connectivity index (χ1n) is 7.54. The van der Waals surface area contributed by atoms with Crippen molar-refractivity contribution in [1.82, 2.24) is 24.6 Å². The van der Waals surface area contributed by atoms with Gasteiger partial charge in [0.05, 0.1) is 11.7 Å². The smallest absolute Gasteiger partial charge is 0.269 e. The summed E-state index contributed by atoms with van der Waals surface area (Å²) in [5.74, 6) is 0.740. The summed E-state index contributed by atoms with van der Waals surface area (Å²) in [6, 6.07) is 1.71. The number of carbonyl (C=O) groups is 1. The minimum atomic E-state index is -0.201. The number of rotatable bonds is 4. The third kappa shape index (κ3) is 2.64. The number of aromatic nitrogens is 4. The van der Waals surface area contributed by atoms with Crippen molar-refractivity contribution in [3.63, 3.8) is 0 Å². The van der Waals surface area contributed by atoms with E-state index in [1.165, 1.54) is 0 Å². The van der Waals surface area contributed by atoms with Gasteiger partial charge in [-0.1, -0.05) is 0 Å². The summed E-state index contributed by atoms with van der Waals surface area (Å²) < 4.78 is 9.45. The first-order chi connectivity index (χ1) is 10.6. The average Bonchev–Trinajstić information content (AvgIpc) is 3.17. The van der Waals surface area contributed by atoms with Crippen molar-refractivity contribution in [2.45, 2.75) is 39.0 Å². The second-order valence-corrected chi connectivity index (χ2v) is 5.53. The van der Waals surface area contributed by atoms with Crippen LogP contribution in [0.4, 0.5) is 0 Å². The molecule has 0 bridgehead atoms. The number of hydrogen-bond donors (Lipinski definition) is 1. The Labute approximate surface area is 129 Å². The molecular weight excluding hydrogens is 282 g/mol. The minimum absolute atomic E-state index is 0.0737. The van der Waals surface area contributed by atoms with Crippen LogP contribution in [-0.4, -0.2) is 37.9 Å². The Morgan fingerprint density at radius 2 is 2.36 bits per heavy atom. The lowest BCUT2D eigenvalue weighted by Crippen LogP contribution is -2.38. The summed E-state index contributed by atoms with van der Waals surface area (Å²) in [6.07, 6.45) is 4.28. The SMILES string of the molecule is CCn1ccnc1[C@H]1OCC[C@@H]1NC(=O)c1cc(C)nn1C. The lowest BCUT2D eigenvalue weighted by molar-refractivity contribution is 0.0770. The molecule has 0 aromatic carbocycles. The Morgan fingerprint density at radius 3 is 3.05 bits per heavy atom. The highest BCUT2D eigenvalue weighted by Gasteiger charge is 2.34. The molecule has 1 fully saturated rings. The second-order valence-electron chi connectivity index (χ2n) is 5.53. The van der Waals surface area contributed by atoms with E-state index in [4.69, 9.17) is 4.74 Å². The zero-order chi connectivity index (χ0) is 15.7. The molecule has 2 aromatic heterocycles. The van der Waals surface area contributed by atoms with Crippen LogP contribution < -0.4 is 5.32 Å². The second kappa shape index (κ2) is 5.92. The van der Waals surface area contributed by atoms with E-state index in [1.807, 2.05) is 17.7 Å². The molecule has 1 aliphatic heterocycles. The van der Waals surface area contributed by atoms with E-state index >= 15 is 0 Å². The maximum atomic E-state index is 12.4. The molecule has 3 rings (SSSR count). The van der Waals surface area contributed by atoms with Crippen molar-refractivity contribution < 1.29 is 9.53 Å². The molecule has 22 heavy (non-hydrogen) atoms. The zero-order valence-corrected chi connectivity index (χ0v) is 13.1. The predicted octanol–water partition coefficient (Wildman–Crippen LogP) is 1.20. The van der Waals surface area contributed by atoms with Crippen LogP contribution in [0.1, 0.15) is 41.5 Å². The molecule has 0 saturated carbocycles. The molecule has 1 saturated heterocycles. The number of hydrogen-bond acceptors (Lipinski definition) is 4. The minimum Gasteiger partial charge on any atom is -0.368 e. The van der Waals surface area contributed by atoms with Gasteiger partial charge in [0.15, 0.2) is 0 Å². The van der Waals surface area contributed by atoms with Crippen molar-refractivity contribution in [2.24, 2.45) is 7.05 Å². The monoisotopic (exact) mass is 303 g/mol. The number of aryl methyl sites for hydroxylation is 3. The van der Waals surface area contributed by atoms with E-state index < -0.39 is 0 Å². The highest BCUT2D eigenvalue weighted by molar-refractivity contribution is 5.92. The van der Waals surface area contributed by atoms with E-state index in [0.717, 1.165) is 24.5 Å². The third-order valence-electron chi connectivity index (χ3n) is 3.99. The van der Waals surface area contributed by atoms with Crippen molar-refractivity contribution in [3.8, 4) is 0 Å². The number of nitrogens with zero attached hydrogens (tertiary/aromatic N) is 4. The average molecular weight is 303 g/mol. The molecule has 0 aliphatic carbocycles. The van der Waals surface area contributed by atoms with Crippen molar-refractivity contribution in [2.75, 3.05) is 6.61 Å². The van der Waals surface area contributed by atoms with Crippen LogP contribution in [0.25, 0.3) is 0 Å². The fourth-order valence-corrected chi connectivity index (χ4v) is 2.90. The Balaban J connectivity index is 1.77. The van der Waals surface area contributed by atoms with Gasteiger partial charge >= 0.3 is 0 Å². The summed E-state index contributed by atoms with van der Waals surface area (Å²) in [6.45, 7) is 5.38. The highest BCUT2D eigenvalue weighted by atomic mass is 16.5. The van der Waals surface area contributed by atoms with Crippen LogP contribution >= 0.6 is 0 Å². The van der Waals surface area contributed by atoms with Crippen molar-refractivity contribution in [3.05, 3.63) is 35.7 Å². The van der Waals surface area contributed by atoms with Crippen LogP contribution in [0.3, 0.4) is 0 Å². The zero-order valence-electron chi connectivity index (χ0n) is 13.1. The van der Waals surface area contributed by atoms with Gasteiger partial charge in [-0.3, -0.25) is 9.48 Å². The number of imidazole rings is 1. The number of amides is 1. The normalized spacial score (nSPS) is 21.2. The molecule has 7 heteroatoms. The van der Waals surface area contributed by atoms with E-state index in [2.05, 4.69) is 22.3 Å². The molecule has 7 nitrogen and oxygen atoms in total. The van der Waals surface area contributed by atoms with Gasteiger partial charge in [0.25, 0.3) is 5.91 Å². The molecule has 118 valence electrons. The van der Waals surface area contributed by atoms with Gasteiger partial charge in [0, 0.05) is 32.6 Å². The predicted molar refractivity (Wildman–Crippen MR) is 80.4 cm³/mol. The molecule has 1 aliphatic rings. The van der Waals surface area contributed by atoms with Crippen LogP contribution in [0.5, 0.6) is 0 Å². The van der Waals surface area contributed by atoms with Gasteiger partial charge in [-0.15, -0.1) is 0 Å². The molecule has 3 heterocycles. The Hall–Kier alpha value is -2.15. The van der Waals surface area contributed by atoms with Crippen LogP contribution in [-0.2, 0) is 18.3 Å². The first kappa shape index (κ1) is 14.8. The maximum absolute atomic E-state index is 12.4. The number of nitrogens with one attached hydrogen (secondary N) is 1. The lowest BCUT2D eigenvalue weighted by Gasteiger charge is -2.20. The standard InChI is InChI=1S/C15H21N5O2/c1-4-20-7-6-16-14(20)13-11(5-8-22-13)17-15(21)12-9-10(2)18-19(12)3/h6-7,9,11,13H,4-5,8H2,1-3H3,(H,17,21)/t11-,13-/m0/s1. The molecule has 2 atom stereocenters. The third-order valence-corrected chi connectivity index (χ3v) is 3.99. The van der Waals surface area contributed by atoms with Gasteiger partial charge < -0.3 is 14.6 Å². The molecule has 0 radical (unpaired) electrons. The lowest BCUT2D eigenvalue weighted by atomic mass is 10.1. The van der Waals surface area contributed by atoms with E-state index in [0.29, 0.717) is 12.3 Å². The van der Waals surface area contributed by atoms with Crippen LogP contribution in [0.2, 0.25) is 0 Å². The Bertz CT molecular complexity index is 675. The molecule has 0 unspecified atom stereocenters. The molecule has 1 N–H and O–H groups in total. The van der Waals surface area contributed by atoms with Gasteiger partial charge in [-0.2, -0.15) is 5.10 Å². The summed E-state index contributed by atoms with van der Waals surface area (Å²) in [7, 11) is 1.77. The molecular formula is C15H21N5O2. The van der Waals surface area contributed by atoms with Gasteiger partial charge in [-0.05, 0) is 26.3 Å². The molecule has 2 aromatic rings. The van der Waals surface area contributed by atoms with Gasteiger partial charge in [0.1, 0.15) is 17.6 Å². The largest absolute Gasteiger partial charge is 0.368 e. The fourth-order valence-electron chi connectivity index (χ4n) is 2.90. The molecule has 1 amide bonds. The van der Waals surface area contributed by atoms with E-state index in [1.54, 1.807) is 24.0 Å². The Morgan fingerprint density at radius 1 is 1.55 bits per heavy atom. The Kier molecular flexibility index (Phi) is 3.98.